The zero-order chi connectivity index (χ0) is 24.1. The molecule has 0 aromatic heterocycles. The van der Waals surface area contributed by atoms with E-state index in [-0.39, 0.29) is 31.1 Å². The molecule has 0 fully saturated rings. The number of nitrogens with two attached hydrogens (primary N) is 1. The number of ether oxygens (including phenoxy) is 2. The molecule has 0 rings (SSSR count). The molecule has 0 aliphatic rings. The minimum Gasteiger partial charge on any atom is -0.469 e. The Morgan fingerprint density at radius 2 is 0.897 bits per heavy atom. The van der Waals surface area contributed by atoms with Crippen LogP contribution in [0.15, 0.2) is 0 Å². The Hall–Kier alpha value is -2.89. The minimum absolute atomic E-state index is 0. The Labute approximate surface area is 175 Å². The molecule has 12 nitrogen and oxygen atoms in total. The molecule has 4 amide bonds. The van der Waals surface area contributed by atoms with Gasteiger partial charge in [-0.25, -0.2) is 9.59 Å². The maximum Gasteiger partial charge on any atom is 0.406 e. The second kappa shape index (κ2) is 44.5. The van der Waals surface area contributed by atoms with Crippen molar-refractivity contribution in [2.24, 2.45) is 5.73 Å². The van der Waals surface area contributed by atoms with Crippen molar-refractivity contribution >= 4 is 29.8 Å². The maximum absolute atomic E-state index is 9.96. The fourth-order valence-electron chi connectivity index (χ4n) is 0.227. The molecule has 0 aromatic rings. The first-order chi connectivity index (χ1) is 12.9. The summed E-state index contributed by atoms with van der Waals surface area (Å²) in [6, 6.07) is -0.157. The van der Waals surface area contributed by atoms with Gasteiger partial charge in [0.2, 0.25) is 5.91 Å². The Bertz CT molecular complexity index is 346. The summed E-state index contributed by atoms with van der Waals surface area (Å²) < 4.78 is 8.26. The van der Waals surface area contributed by atoms with E-state index < -0.39 is 6.09 Å². The van der Waals surface area contributed by atoms with Crippen molar-refractivity contribution in [1.82, 2.24) is 21.3 Å². The lowest BCUT2D eigenvalue weighted by molar-refractivity contribution is -0.138. The standard InChI is InChI=1S/C3H8N2O.C3H7NO2.C3H7NO.C3H6O2.C3H6O.CH5N.CH4/c1-4-3(6)5-2;1-4-3(5)6-2;1-3(5)4-2;1-3(4)5-2;1-3(2)4;1-2;/h1-2H3,(H2,4,5,6);1-2H3,(H,4,5);1-2H3,(H,4,5);1-2H3;1-2H3;2H2,1H3;1H4. The zero-order valence-corrected chi connectivity index (χ0v) is 18.9. The molecule has 0 aromatic carbocycles. The van der Waals surface area contributed by atoms with Gasteiger partial charge < -0.3 is 41.3 Å². The molecule has 0 atom stereocenters. The van der Waals surface area contributed by atoms with Gasteiger partial charge in [-0.15, -0.1) is 0 Å². The van der Waals surface area contributed by atoms with E-state index in [0.29, 0.717) is 0 Å². The van der Waals surface area contributed by atoms with E-state index in [1.165, 1.54) is 56.0 Å². The van der Waals surface area contributed by atoms with Crippen LogP contribution in [0.25, 0.3) is 0 Å². The van der Waals surface area contributed by atoms with Gasteiger partial charge in [-0.05, 0) is 20.9 Å². The normalized spacial score (nSPS) is 6.34. The first kappa shape index (κ1) is 45.1. The number of esters is 1. The van der Waals surface area contributed by atoms with E-state index in [0.717, 1.165) is 0 Å². The average Bonchev–Trinajstić information content (AvgIpc) is 2.68. The summed E-state index contributed by atoms with van der Waals surface area (Å²) in [4.78, 5) is 48.5. The minimum atomic E-state index is -0.407. The third-order valence-electron chi connectivity index (χ3n) is 1.48. The Balaban J connectivity index is -0.0000000407. The van der Waals surface area contributed by atoms with Gasteiger partial charge in [0, 0.05) is 42.0 Å². The van der Waals surface area contributed by atoms with Crippen molar-refractivity contribution in [3.05, 3.63) is 0 Å². The summed E-state index contributed by atoms with van der Waals surface area (Å²) in [7, 11) is 10.4. The van der Waals surface area contributed by atoms with Crippen molar-refractivity contribution in [2.45, 2.75) is 35.1 Å². The Morgan fingerprint density at radius 1 is 0.655 bits per heavy atom. The van der Waals surface area contributed by atoms with Crippen LogP contribution in [0, 0.1) is 0 Å². The van der Waals surface area contributed by atoms with Crippen LogP contribution < -0.4 is 27.0 Å². The van der Waals surface area contributed by atoms with E-state index in [4.69, 9.17) is 0 Å². The third kappa shape index (κ3) is 162. The lowest BCUT2D eigenvalue weighted by Crippen LogP contribution is -2.28. The predicted molar refractivity (Wildman–Crippen MR) is 116 cm³/mol. The number of hydrogen-bond acceptors (Lipinski definition) is 8. The molecule has 0 spiro atoms. The van der Waals surface area contributed by atoms with Gasteiger partial charge in [0.05, 0.1) is 14.2 Å². The molecule has 178 valence electrons. The second-order valence-electron chi connectivity index (χ2n) is 3.98. The van der Waals surface area contributed by atoms with Gasteiger partial charge in [0.15, 0.2) is 0 Å². The molecule has 0 radical (unpaired) electrons. The molecule has 6 N–H and O–H groups in total. The van der Waals surface area contributed by atoms with Crippen LogP contribution in [0.2, 0.25) is 0 Å². The number of methoxy groups -OCH3 is 2. The number of Topliss-reactive ketones (excluding diaryl/α,β-unsaturated/α-hetero) is 1. The number of alkyl carbamates (subject to hydrolysis) is 1. The monoisotopic (exact) mass is 429 g/mol. The van der Waals surface area contributed by atoms with Crippen LogP contribution in [0.3, 0.4) is 0 Å². The molecule has 0 saturated heterocycles. The molecule has 0 aliphatic carbocycles. The molecule has 0 bridgehead atoms. The maximum atomic E-state index is 9.96. The van der Waals surface area contributed by atoms with Crippen molar-refractivity contribution < 1.29 is 33.4 Å². The fourth-order valence-corrected chi connectivity index (χ4v) is 0.227. The highest BCUT2D eigenvalue weighted by Gasteiger charge is 1.85. The summed E-state index contributed by atoms with van der Waals surface area (Å²) in [5.41, 5.74) is 4.50. The number of ketones is 1. The summed E-state index contributed by atoms with van der Waals surface area (Å²) in [5.74, 6) is -0.0741. The molecule has 0 unspecified atom stereocenters. The number of amides is 4. The van der Waals surface area contributed by atoms with E-state index >= 15 is 0 Å². The second-order valence-corrected chi connectivity index (χ2v) is 3.98. The first-order valence-corrected chi connectivity index (χ1v) is 7.82. The van der Waals surface area contributed by atoms with E-state index in [1.807, 2.05) is 0 Å². The van der Waals surface area contributed by atoms with Crippen molar-refractivity contribution in [3.63, 3.8) is 0 Å². The molecular formula is C17H43N5O7. The largest absolute Gasteiger partial charge is 0.469 e. The van der Waals surface area contributed by atoms with Gasteiger partial charge in [-0.1, -0.05) is 7.43 Å². The SMILES string of the molecule is C.CC(C)=O.CN.CNC(=O)NC.CNC(=O)OC.CNC(C)=O.COC(C)=O. The molecule has 0 saturated carbocycles. The smallest absolute Gasteiger partial charge is 0.406 e. The van der Waals surface area contributed by atoms with E-state index in [1.54, 1.807) is 21.1 Å². The van der Waals surface area contributed by atoms with E-state index in [9.17, 15) is 24.0 Å². The van der Waals surface area contributed by atoms with Crippen LogP contribution in [-0.4, -0.2) is 79.2 Å². The van der Waals surface area contributed by atoms with Crippen LogP contribution in [0.5, 0.6) is 0 Å². The summed E-state index contributed by atoms with van der Waals surface area (Å²) in [6.45, 7) is 5.89. The molecular weight excluding hydrogens is 386 g/mol. The Kier molecular flexibility index (Phi) is 69.2. The fraction of sp³-hybridized carbons (Fsp3) is 0.706. The van der Waals surface area contributed by atoms with Crippen LogP contribution >= 0.6 is 0 Å². The Morgan fingerprint density at radius 3 is 0.897 bits per heavy atom. The quantitative estimate of drug-likeness (QED) is 0.340. The highest BCUT2D eigenvalue weighted by molar-refractivity contribution is 5.73. The number of nitrogens with one attached hydrogen (secondary N) is 4. The number of urea groups is 1. The van der Waals surface area contributed by atoms with Gasteiger partial charge in [-0.2, -0.15) is 0 Å². The third-order valence-corrected chi connectivity index (χ3v) is 1.48. The summed E-state index contributed by atoms with van der Waals surface area (Å²) in [6.07, 6.45) is -0.407. The van der Waals surface area contributed by atoms with E-state index in [2.05, 4.69) is 36.5 Å². The summed E-state index contributed by atoms with van der Waals surface area (Å²) in [5, 5.41) is 9.37. The van der Waals surface area contributed by atoms with Gasteiger partial charge in [0.1, 0.15) is 5.78 Å². The number of hydrogen-bond donors (Lipinski definition) is 5. The number of carbonyl (C=O) groups is 5. The zero-order valence-electron chi connectivity index (χ0n) is 18.9. The van der Waals surface area contributed by atoms with Crippen LogP contribution in [0.4, 0.5) is 9.59 Å². The van der Waals surface area contributed by atoms with Crippen molar-refractivity contribution in [2.75, 3.05) is 49.5 Å². The predicted octanol–water partition coefficient (Wildman–Crippen LogP) is 0.255. The average molecular weight is 430 g/mol. The molecule has 0 aliphatic heterocycles. The van der Waals surface area contributed by atoms with Gasteiger partial charge in [0.25, 0.3) is 0 Å². The number of carbonyl (C=O) groups excluding carboxylic acids is 5. The lowest BCUT2D eigenvalue weighted by atomic mass is 10.6. The van der Waals surface area contributed by atoms with Crippen LogP contribution in [-0.2, 0) is 23.9 Å². The van der Waals surface area contributed by atoms with Crippen LogP contribution in [0.1, 0.15) is 35.1 Å². The highest BCUT2D eigenvalue weighted by atomic mass is 16.5. The molecule has 12 heteroatoms. The number of rotatable bonds is 0. The molecule has 29 heavy (non-hydrogen) atoms. The van der Waals surface area contributed by atoms with Crippen molar-refractivity contribution in [1.29, 1.82) is 0 Å². The van der Waals surface area contributed by atoms with Gasteiger partial charge >= 0.3 is 18.1 Å². The summed E-state index contributed by atoms with van der Waals surface area (Å²) >= 11 is 0. The highest BCUT2D eigenvalue weighted by Crippen LogP contribution is 1.62. The van der Waals surface area contributed by atoms with Crippen molar-refractivity contribution in [3.8, 4) is 0 Å². The topological polar surface area (TPSA) is 178 Å². The lowest BCUT2D eigenvalue weighted by Gasteiger charge is -1.91. The molecule has 0 heterocycles. The first-order valence-electron chi connectivity index (χ1n) is 7.82. The van der Waals surface area contributed by atoms with Gasteiger partial charge in [-0.3, -0.25) is 9.59 Å².